The van der Waals surface area contributed by atoms with Crippen molar-refractivity contribution < 1.29 is 14.2 Å². The molecule has 17 heavy (non-hydrogen) atoms. The van der Waals surface area contributed by atoms with Gasteiger partial charge in [0.05, 0.1) is 19.0 Å². The fraction of sp³-hybridized carbons (Fsp3) is 0.429. The van der Waals surface area contributed by atoms with E-state index in [4.69, 9.17) is 9.84 Å². The van der Waals surface area contributed by atoms with Gasteiger partial charge in [-0.2, -0.15) is 0 Å². The van der Waals surface area contributed by atoms with Gasteiger partial charge in [-0.05, 0) is 30.9 Å². The average Bonchev–Trinajstić information content (AvgIpc) is 2.35. The van der Waals surface area contributed by atoms with Crippen LogP contribution in [0.15, 0.2) is 42.2 Å². The molecule has 0 amide bonds. The molecule has 0 saturated heterocycles. The van der Waals surface area contributed by atoms with E-state index < -0.39 is 0 Å². The second kappa shape index (κ2) is 8.90. The molecule has 0 aliphatic heterocycles. The lowest BCUT2D eigenvalue weighted by molar-refractivity contribution is 0.117. The highest BCUT2D eigenvalue weighted by Crippen LogP contribution is 2.08. The highest BCUT2D eigenvalue weighted by atomic mass is 19.1. The molecule has 1 aromatic carbocycles. The summed E-state index contributed by atoms with van der Waals surface area (Å²) in [5, 5.41) is 8.46. The minimum absolute atomic E-state index is 0.226. The average molecular weight is 238 g/mol. The van der Waals surface area contributed by atoms with Crippen LogP contribution < -0.4 is 0 Å². The third-order valence-electron chi connectivity index (χ3n) is 2.38. The number of aliphatic hydroxyl groups excluding tert-OH is 1. The molecule has 3 heteroatoms. The van der Waals surface area contributed by atoms with Gasteiger partial charge < -0.3 is 9.84 Å². The van der Waals surface area contributed by atoms with Crippen LogP contribution >= 0.6 is 0 Å². The van der Waals surface area contributed by atoms with Crippen molar-refractivity contribution in [2.24, 2.45) is 0 Å². The van der Waals surface area contributed by atoms with E-state index in [2.05, 4.69) is 0 Å². The maximum Gasteiger partial charge on any atom is 0.0982 e. The Bertz CT molecular complexity index is 322. The summed E-state index contributed by atoms with van der Waals surface area (Å²) in [7, 11) is 0. The van der Waals surface area contributed by atoms with E-state index >= 15 is 0 Å². The molecule has 94 valence electrons. The Hall–Kier alpha value is -1.19. The van der Waals surface area contributed by atoms with Crippen LogP contribution in [-0.2, 0) is 11.3 Å². The zero-order valence-corrected chi connectivity index (χ0v) is 9.94. The molecule has 0 fully saturated rings. The molecule has 0 heterocycles. The smallest absolute Gasteiger partial charge is 0.0982 e. The summed E-state index contributed by atoms with van der Waals surface area (Å²) in [5.74, 6) is -0.240. The van der Waals surface area contributed by atoms with Crippen molar-refractivity contribution in [2.75, 3.05) is 13.2 Å². The summed E-state index contributed by atoms with van der Waals surface area (Å²) in [6.45, 7) is 1.02. The summed E-state index contributed by atoms with van der Waals surface area (Å²) in [4.78, 5) is 0. The van der Waals surface area contributed by atoms with Gasteiger partial charge in [-0.25, -0.2) is 4.39 Å². The number of allylic oxidation sites excluding steroid dienone is 1. The Kier molecular flexibility index (Phi) is 7.27. The maximum absolute atomic E-state index is 12.8. The van der Waals surface area contributed by atoms with Crippen LogP contribution in [0, 0.1) is 0 Å². The van der Waals surface area contributed by atoms with Crippen molar-refractivity contribution in [1.82, 2.24) is 0 Å². The minimum atomic E-state index is -0.240. The van der Waals surface area contributed by atoms with Crippen molar-refractivity contribution in [3.63, 3.8) is 0 Å². The third-order valence-corrected chi connectivity index (χ3v) is 2.38. The first-order valence-electron chi connectivity index (χ1n) is 5.90. The fourth-order valence-corrected chi connectivity index (χ4v) is 1.46. The number of rotatable bonds is 8. The molecule has 0 atom stereocenters. The molecule has 0 saturated carbocycles. The van der Waals surface area contributed by atoms with E-state index in [1.165, 1.54) is 6.08 Å². The molecule has 1 N–H and O–H groups in total. The number of hydrogen-bond acceptors (Lipinski definition) is 2. The van der Waals surface area contributed by atoms with E-state index in [1.807, 2.05) is 30.3 Å². The standard InChI is InChI=1S/C14H19FO2/c15-14(9-10-16)8-4-5-11-17-12-13-6-2-1-3-7-13/h1-3,6-7,9,16H,4-5,8,10-12H2/b14-9-. The Morgan fingerprint density at radius 3 is 2.71 bits per heavy atom. The SMILES string of the molecule is OC/C=C(\F)CCCCOCc1ccccc1. The first-order valence-corrected chi connectivity index (χ1v) is 5.90. The lowest BCUT2D eigenvalue weighted by atomic mass is 10.2. The van der Waals surface area contributed by atoms with Crippen LogP contribution in [0.5, 0.6) is 0 Å². The van der Waals surface area contributed by atoms with E-state index in [0.29, 0.717) is 19.6 Å². The highest BCUT2D eigenvalue weighted by Gasteiger charge is 1.96. The van der Waals surface area contributed by atoms with Crippen LogP contribution in [0.2, 0.25) is 0 Å². The van der Waals surface area contributed by atoms with Gasteiger partial charge in [0.25, 0.3) is 0 Å². The normalized spacial score (nSPS) is 11.8. The molecule has 0 radical (unpaired) electrons. The van der Waals surface area contributed by atoms with Crippen LogP contribution in [0.3, 0.4) is 0 Å². The molecule has 0 aliphatic carbocycles. The van der Waals surface area contributed by atoms with Crippen molar-refractivity contribution >= 4 is 0 Å². The van der Waals surface area contributed by atoms with Gasteiger partial charge in [0, 0.05) is 6.61 Å². The summed E-state index contributed by atoms with van der Waals surface area (Å²) in [6, 6.07) is 9.97. The molecule has 2 nitrogen and oxygen atoms in total. The zero-order valence-electron chi connectivity index (χ0n) is 9.94. The summed E-state index contributed by atoms with van der Waals surface area (Å²) < 4.78 is 18.3. The first kappa shape index (κ1) is 13.9. The second-order valence-corrected chi connectivity index (χ2v) is 3.83. The topological polar surface area (TPSA) is 29.5 Å². The number of ether oxygens (including phenoxy) is 1. The quantitative estimate of drug-likeness (QED) is 0.705. The van der Waals surface area contributed by atoms with E-state index in [0.717, 1.165) is 18.4 Å². The third kappa shape index (κ3) is 6.87. The molecule has 1 rings (SSSR count). The van der Waals surface area contributed by atoms with Gasteiger partial charge in [-0.3, -0.25) is 0 Å². The summed E-state index contributed by atoms with van der Waals surface area (Å²) >= 11 is 0. The second-order valence-electron chi connectivity index (χ2n) is 3.83. The minimum Gasteiger partial charge on any atom is -0.392 e. The largest absolute Gasteiger partial charge is 0.392 e. The monoisotopic (exact) mass is 238 g/mol. The molecule has 0 unspecified atom stereocenters. The number of halogens is 1. The predicted molar refractivity (Wildman–Crippen MR) is 66.2 cm³/mol. The molecular weight excluding hydrogens is 219 g/mol. The summed E-state index contributed by atoms with van der Waals surface area (Å²) in [6.07, 6.45) is 3.16. The van der Waals surface area contributed by atoms with Crippen LogP contribution in [-0.4, -0.2) is 18.3 Å². The Balaban J connectivity index is 2.00. The van der Waals surface area contributed by atoms with Gasteiger partial charge in [-0.15, -0.1) is 0 Å². The first-order chi connectivity index (χ1) is 8.33. The van der Waals surface area contributed by atoms with E-state index in [-0.39, 0.29) is 12.4 Å². The zero-order chi connectivity index (χ0) is 12.3. The number of unbranched alkanes of at least 4 members (excludes halogenated alkanes) is 1. The van der Waals surface area contributed by atoms with Crippen LogP contribution in [0.1, 0.15) is 24.8 Å². The lowest BCUT2D eigenvalue weighted by Gasteiger charge is -2.03. The van der Waals surface area contributed by atoms with Crippen LogP contribution in [0.4, 0.5) is 4.39 Å². The molecule has 0 spiro atoms. The van der Waals surface area contributed by atoms with Crippen molar-refractivity contribution in [2.45, 2.75) is 25.9 Å². The molecule has 0 aromatic heterocycles. The van der Waals surface area contributed by atoms with E-state index in [9.17, 15) is 4.39 Å². The summed E-state index contributed by atoms with van der Waals surface area (Å²) in [5.41, 5.74) is 1.15. The van der Waals surface area contributed by atoms with Gasteiger partial charge in [0.1, 0.15) is 0 Å². The van der Waals surface area contributed by atoms with Gasteiger partial charge in [0.2, 0.25) is 0 Å². The van der Waals surface area contributed by atoms with Crippen molar-refractivity contribution in [3.8, 4) is 0 Å². The van der Waals surface area contributed by atoms with Gasteiger partial charge in [0.15, 0.2) is 0 Å². The van der Waals surface area contributed by atoms with Crippen molar-refractivity contribution in [1.29, 1.82) is 0 Å². The fourth-order valence-electron chi connectivity index (χ4n) is 1.46. The number of aliphatic hydroxyl groups is 1. The predicted octanol–water partition coefficient (Wildman–Crippen LogP) is 3.22. The van der Waals surface area contributed by atoms with Gasteiger partial charge >= 0.3 is 0 Å². The lowest BCUT2D eigenvalue weighted by Crippen LogP contribution is -1.95. The number of hydrogen-bond donors (Lipinski definition) is 1. The molecule has 1 aromatic rings. The highest BCUT2D eigenvalue weighted by molar-refractivity contribution is 5.13. The molecular formula is C14H19FO2. The molecule has 0 aliphatic rings. The Labute approximate surface area is 102 Å². The Morgan fingerprint density at radius 2 is 2.00 bits per heavy atom. The molecule has 0 bridgehead atoms. The van der Waals surface area contributed by atoms with Crippen LogP contribution in [0.25, 0.3) is 0 Å². The maximum atomic E-state index is 12.8. The number of benzene rings is 1. The van der Waals surface area contributed by atoms with Gasteiger partial charge in [-0.1, -0.05) is 30.3 Å². The van der Waals surface area contributed by atoms with E-state index in [1.54, 1.807) is 0 Å². The van der Waals surface area contributed by atoms with Crippen molar-refractivity contribution in [3.05, 3.63) is 47.8 Å². The Morgan fingerprint density at radius 1 is 1.24 bits per heavy atom.